The Hall–Kier alpha value is -2.28. The molecule has 0 saturated heterocycles. The Bertz CT molecular complexity index is 705. The van der Waals surface area contributed by atoms with Crippen molar-refractivity contribution in [1.29, 1.82) is 0 Å². The number of halogens is 2. The van der Waals surface area contributed by atoms with Crippen molar-refractivity contribution in [3.8, 4) is 0 Å². The maximum Gasteiger partial charge on any atom is 0.341 e. The number of hydrogen-bond donors (Lipinski definition) is 0. The number of para-hydroxylation sites is 1. The number of benzene rings is 2. The minimum absolute atomic E-state index is 0.151. The third-order valence-corrected chi connectivity index (χ3v) is 3.19. The monoisotopic (exact) mass is 353 g/mol. The van der Waals surface area contributed by atoms with Crippen molar-refractivity contribution in [2.75, 3.05) is 0 Å². The van der Waals surface area contributed by atoms with Gasteiger partial charge in [0.05, 0.1) is 16.1 Å². The third-order valence-electron chi connectivity index (χ3n) is 2.70. The molecule has 21 heavy (non-hydrogen) atoms. The molecule has 0 unspecified atom stereocenters. The standard InChI is InChI=1S/C14H9BrFNO4/c15-10-5-6-11(12(16)7-10)14(18)21-8-9-3-1-2-4-13(9)17(19)20/h1-7H,8H2. The van der Waals surface area contributed by atoms with Gasteiger partial charge >= 0.3 is 5.97 Å². The lowest BCUT2D eigenvalue weighted by atomic mass is 10.2. The third kappa shape index (κ3) is 3.63. The molecular weight excluding hydrogens is 345 g/mol. The van der Waals surface area contributed by atoms with E-state index in [2.05, 4.69) is 15.9 Å². The molecule has 0 aliphatic heterocycles. The van der Waals surface area contributed by atoms with Crippen molar-refractivity contribution in [1.82, 2.24) is 0 Å². The summed E-state index contributed by atoms with van der Waals surface area (Å²) in [5.41, 5.74) is -0.133. The van der Waals surface area contributed by atoms with E-state index in [4.69, 9.17) is 4.74 Å². The predicted molar refractivity (Wildman–Crippen MR) is 76.3 cm³/mol. The van der Waals surface area contributed by atoms with Gasteiger partial charge in [0, 0.05) is 10.5 Å². The van der Waals surface area contributed by atoms with E-state index in [0.29, 0.717) is 4.47 Å². The van der Waals surface area contributed by atoms with Crippen LogP contribution in [0.15, 0.2) is 46.9 Å². The molecule has 0 radical (unpaired) electrons. The molecular formula is C14H9BrFNO4. The number of nitro groups is 1. The summed E-state index contributed by atoms with van der Waals surface area (Å²) < 4.78 is 19.0. The van der Waals surface area contributed by atoms with E-state index in [-0.39, 0.29) is 23.4 Å². The van der Waals surface area contributed by atoms with Crippen LogP contribution in [0.5, 0.6) is 0 Å². The van der Waals surface area contributed by atoms with Crippen LogP contribution in [-0.2, 0) is 11.3 Å². The molecule has 0 spiro atoms. The van der Waals surface area contributed by atoms with Gasteiger partial charge in [-0.1, -0.05) is 28.1 Å². The summed E-state index contributed by atoms with van der Waals surface area (Å²) in [6, 6.07) is 9.81. The summed E-state index contributed by atoms with van der Waals surface area (Å²) in [6.45, 7) is -0.300. The Balaban J connectivity index is 2.13. The Labute approximate surface area is 127 Å². The molecule has 0 aromatic heterocycles. The molecule has 2 rings (SSSR count). The number of esters is 1. The summed E-state index contributed by atoms with van der Waals surface area (Å²) in [7, 11) is 0. The number of nitrogens with zero attached hydrogens (tertiary/aromatic N) is 1. The molecule has 108 valence electrons. The second-order valence-electron chi connectivity index (χ2n) is 4.09. The van der Waals surface area contributed by atoms with Gasteiger partial charge in [0.15, 0.2) is 0 Å². The lowest BCUT2D eigenvalue weighted by Gasteiger charge is -2.06. The molecule has 5 nitrogen and oxygen atoms in total. The number of rotatable bonds is 4. The summed E-state index contributed by atoms with van der Waals surface area (Å²) in [5.74, 6) is -1.60. The van der Waals surface area contributed by atoms with Crippen LogP contribution in [0.2, 0.25) is 0 Å². The van der Waals surface area contributed by atoms with E-state index >= 15 is 0 Å². The first-order valence-electron chi connectivity index (χ1n) is 5.83. The van der Waals surface area contributed by atoms with Crippen LogP contribution in [-0.4, -0.2) is 10.9 Å². The van der Waals surface area contributed by atoms with Gasteiger partial charge in [0.2, 0.25) is 0 Å². The number of carbonyl (C=O) groups excluding carboxylic acids is 1. The lowest BCUT2D eigenvalue weighted by molar-refractivity contribution is -0.385. The van der Waals surface area contributed by atoms with Crippen LogP contribution >= 0.6 is 15.9 Å². The van der Waals surface area contributed by atoms with Crippen molar-refractivity contribution < 1.29 is 18.8 Å². The first-order chi connectivity index (χ1) is 9.99. The van der Waals surface area contributed by atoms with Crippen LogP contribution in [0.3, 0.4) is 0 Å². The lowest BCUT2D eigenvalue weighted by Crippen LogP contribution is -2.08. The summed E-state index contributed by atoms with van der Waals surface area (Å²) in [4.78, 5) is 22.0. The fourth-order valence-corrected chi connectivity index (χ4v) is 2.02. The summed E-state index contributed by atoms with van der Waals surface area (Å²) >= 11 is 3.08. The van der Waals surface area contributed by atoms with Gasteiger partial charge in [-0.05, 0) is 24.3 Å². The quantitative estimate of drug-likeness (QED) is 0.475. The average Bonchev–Trinajstić information content (AvgIpc) is 2.45. The number of carbonyl (C=O) groups is 1. The molecule has 0 amide bonds. The van der Waals surface area contributed by atoms with Crippen LogP contribution in [0, 0.1) is 15.9 Å². The SMILES string of the molecule is O=C(OCc1ccccc1[N+](=O)[O-])c1ccc(Br)cc1F. The molecule has 0 N–H and O–H groups in total. The second kappa shape index (κ2) is 6.45. The van der Waals surface area contributed by atoms with Gasteiger partial charge in [-0.3, -0.25) is 10.1 Å². The van der Waals surface area contributed by atoms with Crippen molar-refractivity contribution in [3.05, 3.63) is 74.0 Å². The topological polar surface area (TPSA) is 69.4 Å². The van der Waals surface area contributed by atoms with E-state index in [0.717, 1.165) is 6.07 Å². The highest BCUT2D eigenvalue weighted by atomic mass is 79.9. The van der Waals surface area contributed by atoms with Crippen LogP contribution < -0.4 is 0 Å². The Morgan fingerprint density at radius 1 is 1.29 bits per heavy atom. The molecule has 0 atom stereocenters. The van der Waals surface area contributed by atoms with Crippen molar-refractivity contribution in [2.45, 2.75) is 6.61 Å². The molecule has 0 aliphatic rings. The first-order valence-corrected chi connectivity index (χ1v) is 6.63. The highest BCUT2D eigenvalue weighted by Gasteiger charge is 2.17. The van der Waals surface area contributed by atoms with Gasteiger partial charge in [-0.15, -0.1) is 0 Å². The average molecular weight is 354 g/mol. The maximum absolute atomic E-state index is 13.6. The Morgan fingerprint density at radius 2 is 2.00 bits per heavy atom. The minimum Gasteiger partial charge on any atom is -0.457 e. The molecule has 0 bridgehead atoms. The number of nitro benzene ring substituents is 1. The Morgan fingerprint density at radius 3 is 2.67 bits per heavy atom. The zero-order valence-electron chi connectivity index (χ0n) is 10.6. The highest BCUT2D eigenvalue weighted by Crippen LogP contribution is 2.20. The molecule has 0 saturated carbocycles. The van der Waals surface area contributed by atoms with Crippen molar-refractivity contribution in [3.63, 3.8) is 0 Å². The van der Waals surface area contributed by atoms with E-state index in [1.165, 1.54) is 30.3 Å². The fraction of sp³-hybridized carbons (Fsp3) is 0.0714. The second-order valence-corrected chi connectivity index (χ2v) is 5.00. The van der Waals surface area contributed by atoms with Crippen LogP contribution in [0.1, 0.15) is 15.9 Å². The fourth-order valence-electron chi connectivity index (χ4n) is 1.69. The maximum atomic E-state index is 13.6. The summed E-state index contributed by atoms with van der Waals surface area (Å²) in [6.07, 6.45) is 0. The van der Waals surface area contributed by atoms with E-state index in [1.807, 2.05) is 0 Å². The number of ether oxygens (including phenoxy) is 1. The zero-order chi connectivity index (χ0) is 15.4. The van der Waals surface area contributed by atoms with Crippen LogP contribution in [0.25, 0.3) is 0 Å². The van der Waals surface area contributed by atoms with Crippen molar-refractivity contribution >= 4 is 27.6 Å². The molecule has 2 aromatic carbocycles. The molecule has 0 heterocycles. The first kappa shape index (κ1) is 15.1. The Kier molecular flexibility index (Phi) is 4.64. The van der Waals surface area contributed by atoms with Crippen LogP contribution in [0.4, 0.5) is 10.1 Å². The minimum atomic E-state index is -0.877. The van der Waals surface area contributed by atoms with Gasteiger partial charge in [-0.2, -0.15) is 0 Å². The highest BCUT2D eigenvalue weighted by molar-refractivity contribution is 9.10. The predicted octanol–water partition coefficient (Wildman–Crippen LogP) is 3.85. The molecule has 0 fully saturated rings. The van der Waals surface area contributed by atoms with Gasteiger partial charge in [0.1, 0.15) is 12.4 Å². The van der Waals surface area contributed by atoms with E-state index in [1.54, 1.807) is 6.07 Å². The zero-order valence-corrected chi connectivity index (χ0v) is 12.2. The largest absolute Gasteiger partial charge is 0.457 e. The van der Waals surface area contributed by atoms with E-state index in [9.17, 15) is 19.3 Å². The van der Waals surface area contributed by atoms with Crippen molar-refractivity contribution in [2.24, 2.45) is 0 Å². The number of hydrogen-bond acceptors (Lipinski definition) is 4. The summed E-state index contributed by atoms with van der Waals surface area (Å²) in [5, 5.41) is 10.8. The molecule has 2 aromatic rings. The normalized spacial score (nSPS) is 10.2. The van der Waals surface area contributed by atoms with Gasteiger partial charge < -0.3 is 4.74 Å². The molecule has 7 heteroatoms. The van der Waals surface area contributed by atoms with Gasteiger partial charge in [-0.25, -0.2) is 9.18 Å². The van der Waals surface area contributed by atoms with E-state index < -0.39 is 16.7 Å². The smallest absolute Gasteiger partial charge is 0.341 e. The molecule has 0 aliphatic carbocycles. The van der Waals surface area contributed by atoms with Gasteiger partial charge in [0.25, 0.3) is 5.69 Å².